The number of hydrogen-bond acceptors (Lipinski definition) is 4. The maximum Gasteiger partial charge on any atom is 0.153 e. The van der Waals surface area contributed by atoms with Crippen molar-refractivity contribution >= 4 is 22.1 Å². The van der Waals surface area contributed by atoms with Crippen LogP contribution in [0.3, 0.4) is 0 Å². The van der Waals surface area contributed by atoms with Crippen molar-refractivity contribution in [3.05, 3.63) is 102 Å². The number of phenols is 1. The molecule has 7 rings (SSSR count). The monoisotopic (exact) mass is 454 g/mol. The minimum absolute atomic E-state index is 0.218. The number of benzene rings is 3. The zero-order chi connectivity index (χ0) is 23.7. The molecule has 0 aliphatic heterocycles. The average molecular weight is 455 g/mol. The number of nitrogens with zero attached hydrogens (tertiary/aromatic N) is 2. The lowest BCUT2D eigenvalue weighted by atomic mass is 9.82. The summed E-state index contributed by atoms with van der Waals surface area (Å²) in [5, 5.41) is 11.5. The maximum atomic E-state index is 10.5. The van der Waals surface area contributed by atoms with Gasteiger partial charge >= 0.3 is 0 Å². The second-order valence-electron chi connectivity index (χ2n) is 9.61. The summed E-state index contributed by atoms with van der Waals surface area (Å²) in [6, 6.07) is 29.9. The molecule has 1 aliphatic rings. The van der Waals surface area contributed by atoms with Gasteiger partial charge in [-0.25, -0.2) is 9.97 Å². The van der Waals surface area contributed by atoms with E-state index < -0.39 is 0 Å². The van der Waals surface area contributed by atoms with Gasteiger partial charge in [-0.3, -0.25) is 0 Å². The minimum atomic E-state index is -0.218. The summed E-state index contributed by atoms with van der Waals surface area (Å²) in [6.45, 7) is 4.46. The van der Waals surface area contributed by atoms with Crippen molar-refractivity contribution in [1.29, 1.82) is 0 Å². The summed E-state index contributed by atoms with van der Waals surface area (Å²) in [4.78, 5) is 10.2. The molecule has 0 saturated heterocycles. The van der Waals surface area contributed by atoms with Crippen molar-refractivity contribution in [3.63, 3.8) is 0 Å². The summed E-state index contributed by atoms with van der Waals surface area (Å²) in [5.74, 6) is 0.221. The lowest BCUT2D eigenvalue weighted by molar-refractivity contribution is 0.477. The maximum absolute atomic E-state index is 10.5. The fourth-order valence-electron chi connectivity index (χ4n) is 5.41. The van der Waals surface area contributed by atoms with E-state index in [4.69, 9.17) is 14.4 Å². The van der Waals surface area contributed by atoms with E-state index in [2.05, 4.69) is 44.2 Å². The zero-order valence-electron chi connectivity index (χ0n) is 19.4. The molecule has 3 heterocycles. The lowest BCUT2D eigenvalue weighted by Crippen LogP contribution is -2.15. The number of furan rings is 1. The van der Waals surface area contributed by atoms with E-state index in [0.29, 0.717) is 0 Å². The van der Waals surface area contributed by atoms with Crippen molar-refractivity contribution in [1.82, 2.24) is 9.97 Å². The number of aromatic hydroxyl groups is 1. The van der Waals surface area contributed by atoms with Gasteiger partial charge in [0.2, 0.25) is 0 Å². The second kappa shape index (κ2) is 7.03. The molecule has 4 nitrogen and oxygen atoms in total. The van der Waals surface area contributed by atoms with Gasteiger partial charge < -0.3 is 9.52 Å². The van der Waals surface area contributed by atoms with Gasteiger partial charge in [0.15, 0.2) is 5.58 Å². The normalized spacial score (nSPS) is 13.8. The van der Waals surface area contributed by atoms with Crippen LogP contribution in [0.4, 0.5) is 0 Å². The minimum Gasteiger partial charge on any atom is -0.507 e. The average Bonchev–Trinajstić information content (AvgIpc) is 3.36. The first-order valence-corrected chi connectivity index (χ1v) is 11.7. The van der Waals surface area contributed by atoms with Gasteiger partial charge in [-0.1, -0.05) is 68.4 Å². The van der Waals surface area contributed by atoms with E-state index in [1.54, 1.807) is 6.07 Å². The van der Waals surface area contributed by atoms with Crippen LogP contribution in [0.5, 0.6) is 5.75 Å². The number of hydrogen-bond donors (Lipinski definition) is 1. The highest BCUT2D eigenvalue weighted by molar-refractivity contribution is 6.13. The molecule has 0 fully saturated rings. The third-order valence-corrected chi connectivity index (χ3v) is 7.21. The van der Waals surface area contributed by atoms with Gasteiger partial charge in [0.05, 0.1) is 22.5 Å². The third-order valence-electron chi connectivity index (χ3n) is 7.21. The van der Waals surface area contributed by atoms with Gasteiger partial charge in [-0.15, -0.1) is 0 Å². The van der Waals surface area contributed by atoms with Crippen molar-refractivity contribution in [2.45, 2.75) is 19.3 Å². The number of para-hydroxylation sites is 1. The third kappa shape index (κ3) is 2.80. The summed E-state index contributed by atoms with van der Waals surface area (Å²) in [5.41, 5.74) is 9.98. The van der Waals surface area contributed by atoms with E-state index in [1.165, 1.54) is 5.56 Å². The highest BCUT2D eigenvalue weighted by Crippen LogP contribution is 2.52. The fraction of sp³-hybridized carbons (Fsp3) is 0.0968. The smallest absolute Gasteiger partial charge is 0.153 e. The summed E-state index contributed by atoms with van der Waals surface area (Å²) < 4.78 is 6.26. The molecule has 1 aliphatic carbocycles. The Morgan fingerprint density at radius 1 is 0.686 bits per heavy atom. The van der Waals surface area contributed by atoms with Crippen LogP contribution >= 0.6 is 0 Å². The largest absolute Gasteiger partial charge is 0.507 e. The summed E-state index contributed by atoms with van der Waals surface area (Å²) in [7, 11) is 0. The van der Waals surface area contributed by atoms with E-state index in [0.717, 1.165) is 61.4 Å². The van der Waals surface area contributed by atoms with Gasteiger partial charge in [0.25, 0.3) is 0 Å². The standard InChI is InChI=1S/C31H22N2O2/c1-31(2)20-13-16-25-28(30-26(35-25)17-15-22(32-30)18-8-4-3-5-9-18)27(20)29-21(31)12-14-23(33-29)19-10-6-7-11-24(19)34/h3-17,34H,1-2H3. The Hall–Kier alpha value is -4.44. The molecular weight excluding hydrogens is 432 g/mol. The summed E-state index contributed by atoms with van der Waals surface area (Å²) in [6.07, 6.45) is 0. The lowest BCUT2D eigenvalue weighted by Gasteiger charge is -2.21. The molecule has 4 heteroatoms. The van der Waals surface area contributed by atoms with Crippen LogP contribution in [-0.4, -0.2) is 15.1 Å². The number of rotatable bonds is 2. The van der Waals surface area contributed by atoms with Crippen LogP contribution < -0.4 is 0 Å². The molecule has 35 heavy (non-hydrogen) atoms. The van der Waals surface area contributed by atoms with Gasteiger partial charge in [0, 0.05) is 22.1 Å². The highest BCUT2D eigenvalue weighted by Gasteiger charge is 2.39. The molecule has 0 atom stereocenters. The van der Waals surface area contributed by atoms with E-state index in [9.17, 15) is 5.11 Å². The molecule has 1 N–H and O–H groups in total. The van der Waals surface area contributed by atoms with Crippen LogP contribution in [0, 0.1) is 0 Å². The zero-order valence-corrected chi connectivity index (χ0v) is 19.4. The molecular formula is C31H22N2O2. The fourth-order valence-corrected chi connectivity index (χ4v) is 5.41. The Bertz CT molecular complexity index is 1780. The molecule has 0 unspecified atom stereocenters. The van der Waals surface area contributed by atoms with Gasteiger partial charge in [0.1, 0.15) is 16.8 Å². The molecule has 3 aromatic carbocycles. The van der Waals surface area contributed by atoms with Crippen molar-refractivity contribution in [2.24, 2.45) is 0 Å². The van der Waals surface area contributed by atoms with Crippen LogP contribution in [0.25, 0.3) is 55.8 Å². The molecule has 0 radical (unpaired) electrons. The number of aromatic nitrogens is 2. The number of pyridine rings is 2. The number of phenolic OH excluding ortho intramolecular Hbond substituents is 1. The first kappa shape index (κ1) is 20.0. The molecule has 6 aromatic rings. The molecule has 0 bridgehead atoms. The Morgan fingerprint density at radius 2 is 1.40 bits per heavy atom. The Kier molecular flexibility index (Phi) is 4.01. The highest BCUT2D eigenvalue weighted by atomic mass is 16.3. The Morgan fingerprint density at radius 3 is 2.23 bits per heavy atom. The second-order valence-corrected chi connectivity index (χ2v) is 9.61. The van der Waals surface area contributed by atoms with E-state index >= 15 is 0 Å². The summed E-state index contributed by atoms with van der Waals surface area (Å²) >= 11 is 0. The number of fused-ring (bicyclic) bond motifs is 7. The van der Waals surface area contributed by atoms with Crippen LogP contribution in [0.1, 0.15) is 25.0 Å². The molecule has 0 amide bonds. The van der Waals surface area contributed by atoms with Gasteiger partial charge in [-0.2, -0.15) is 0 Å². The van der Waals surface area contributed by atoms with Crippen LogP contribution in [-0.2, 0) is 5.41 Å². The first-order valence-electron chi connectivity index (χ1n) is 11.7. The van der Waals surface area contributed by atoms with Crippen molar-refractivity contribution in [2.75, 3.05) is 0 Å². The molecule has 0 spiro atoms. The molecule has 168 valence electrons. The van der Waals surface area contributed by atoms with Crippen LogP contribution in [0.15, 0.2) is 95.4 Å². The van der Waals surface area contributed by atoms with Crippen LogP contribution in [0.2, 0.25) is 0 Å². The van der Waals surface area contributed by atoms with Gasteiger partial charge in [-0.05, 0) is 47.5 Å². The molecule has 0 saturated carbocycles. The quantitative estimate of drug-likeness (QED) is 0.291. The first-order chi connectivity index (χ1) is 17.0. The Labute approximate surface area is 202 Å². The van der Waals surface area contributed by atoms with Crippen molar-refractivity contribution < 1.29 is 9.52 Å². The predicted molar refractivity (Wildman–Crippen MR) is 139 cm³/mol. The topological polar surface area (TPSA) is 59.2 Å². The van der Waals surface area contributed by atoms with E-state index in [-0.39, 0.29) is 11.2 Å². The SMILES string of the molecule is CC1(C)c2ccc(-c3ccccc3O)nc2-c2c1ccc1oc3ccc(-c4ccccc4)nc3c21. The predicted octanol–water partition coefficient (Wildman–Crippen LogP) is 7.72. The van der Waals surface area contributed by atoms with E-state index in [1.807, 2.05) is 54.6 Å². The van der Waals surface area contributed by atoms with Crippen molar-refractivity contribution in [3.8, 4) is 39.5 Å². The Balaban J connectivity index is 1.54. The molecule has 3 aromatic heterocycles.